The van der Waals surface area contributed by atoms with Crippen molar-refractivity contribution in [2.45, 2.75) is 18.2 Å². The minimum absolute atomic E-state index is 0.0118. The molecular weight excluding hydrogens is 342 g/mol. The first-order chi connectivity index (χ1) is 9.50. The monoisotopic (exact) mass is 353 g/mol. The molecule has 104 valence electrons. The van der Waals surface area contributed by atoms with E-state index in [1.165, 1.54) is 6.07 Å². The van der Waals surface area contributed by atoms with Gasteiger partial charge in [-0.15, -0.1) is 0 Å². The molecule has 20 heavy (non-hydrogen) atoms. The first-order valence-corrected chi connectivity index (χ1v) is 7.41. The van der Waals surface area contributed by atoms with Crippen molar-refractivity contribution >= 4 is 33.2 Å². The maximum Gasteiger partial charge on any atom is 0.272 e. The molecule has 0 spiro atoms. The molecule has 0 saturated carbocycles. The van der Waals surface area contributed by atoms with Gasteiger partial charge in [0.05, 0.1) is 4.92 Å². The number of halogens is 2. The zero-order chi connectivity index (χ0) is 14.7. The fourth-order valence-electron chi connectivity index (χ4n) is 2.13. The molecule has 3 nitrogen and oxygen atoms in total. The molecule has 0 fully saturated rings. The lowest BCUT2D eigenvalue weighted by Gasteiger charge is -2.14. The third-order valence-electron chi connectivity index (χ3n) is 3.23. The minimum Gasteiger partial charge on any atom is -0.258 e. The summed E-state index contributed by atoms with van der Waals surface area (Å²) in [7, 11) is 0. The highest BCUT2D eigenvalue weighted by Gasteiger charge is 2.18. The van der Waals surface area contributed by atoms with Crippen LogP contribution in [0.25, 0.3) is 0 Å². The predicted octanol–water partition coefficient (Wildman–Crippen LogP) is 5.24. The van der Waals surface area contributed by atoms with E-state index in [0.29, 0.717) is 17.0 Å². The lowest BCUT2D eigenvalue weighted by atomic mass is 9.99. The smallest absolute Gasteiger partial charge is 0.258 e. The van der Waals surface area contributed by atoms with E-state index in [2.05, 4.69) is 15.9 Å². The second kappa shape index (κ2) is 6.37. The average Bonchev–Trinajstić information content (AvgIpc) is 2.42. The number of rotatable bonds is 4. The largest absolute Gasteiger partial charge is 0.272 e. The molecule has 2 aromatic carbocycles. The Morgan fingerprint density at radius 2 is 1.95 bits per heavy atom. The molecule has 0 heterocycles. The van der Waals surface area contributed by atoms with Crippen molar-refractivity contribution in [3.8, 4) is 0 Å². The number of nitro benzene ring substituents is 1. The van der Waals surface area contributed by atoms with Crippen molar-refractivity contribution in [2.75, 3.05) is 0 Å². The maximum absolute atomic E-state index is 11.0. The summed E-state index contributed by atoms with van der Waals surface area (Å²) >= 11 is 9.72. The second-order valence-electron chi connectivity index (χ2n) is 4.51. The molecule has 0 radical (unpaired) electrons. The normalized spacial score (nSPS) is 12.2. The average molecular weight is 355 g/mol. The van der Waals surface area contributed by atoms with Gasteiger partial charge in [0.2, 0.25) is 0 Å². The molecule has 0 aliphatic rings. The standard InChI is InChI=1S/C15H13BrClNO2/c1-10-12(6-4-7-14(10)17)13(16)9-11-5-2-3-8-15(11)18(19)20/h2-8,13H,9H2,1H3. The summed E-state index contributed by atoms with van der Waals surface area (Å²) in [6.45, 7) is 1.95. The Morgan fingerprint density at radius 3 is 2.65 bits per heavy atom. The Balaban J connectivity index is 2.30. The summed E-state index contributed by atoms with van der Waals surface area (Å²) in [6, 6.07) is 12.5. The van der Waals surface area contributed by atoms with Crippen molar-refractivity contribution in [3.63, 3.8) is 0 Å². The van der Waals surface area contributed by atoms with Crippen molar-refractivity contribution in [2.24, 2.45) is 0 Å². The van der Waals surface area contributed by atoms with Crippen molar-refractivity contribution in [1.29, 1.82) is 0 Å². The summed E-state index contributed by atoms with van der Waals surface area (Å²) < 4.78 is 0. The van der Waals surface area contributed by atoms with Gasteiger partial charge in [-0.25, -0.2) is 0 Å². The lowest BCUT2D eigenvalue weighted by molar-refractivity contribution is -0.385. The number of benzene rings is 2. The first kappa shape index (κ1) is 15.0. The Kier molecular flexibility index (Phi) is 4.78. The molecule has 2 aromatic rings. The van der Waals surface area contributed by atoms with Crippen LogP contribution >= 0.6 is 27.5 Å². The molecule has 0 bridgehead atoms. The van der Waals surface area contributed by atoms with Crippen LogP contribution in [-0.2, 0) is 6.42 Å². The Hall–Kier alpha value is -1.39. The minimum atomic E-state index is -0.347. The van der Waals surface area contributed by atoms with Crippen molar-refractivity contribution in [1.82, 2.24) is 0 Å². The molecule has 0 N–H and O–H groups in total. The molecule has 5 heteroatoms. The Morgan fingerprint density at radius 1 is 1.25 bits per heavy atom. The number of hydrogen-bond acceptors (Lipinski definition) is 2. The van der Waals surface area contributed by atoms with Gasteiger partial charge in [-0.05, 0) is 30.5 Å². The summed E-state index contributed by atoms with van der Waals surface area (Å²) in [5, 5.41) is 11.7. The summed E-state index contributed by atoms with van der Waals surface area (Å²) in [6.07, 6.45) is 0.540. The van der Waals surface area contributed by atoms with Crippen LogP contribution < -0.4 is 0 Å². The van der Waals surface area contributed by atoms with Crippen LogP contribution in [0, 0.1) is 17.0 Å². The van der Waals surface area contributed by atoms with Gasteiger partial charge in [-0.2, -0.15) is 0 Å². The first-order valence-electron chi connectivity index (χ1n) is 6.12. The summed E-state index contributed by atoms with van der Waals surface area (Å²) in [4.78, 5) is 10.7. The van der Waals surface area contributed by atoms with E-state index in [1.54, 1.807) is 12.1 Å². The highest BCUT2D eigenvalue weighted by Crippen LogP contribution is 2.34. The summed E-state index contributed by atoms with van der Waals surface area (Å²) in [5.74, 6) is 0. The number of para-hydroxylation sites is 1. The molecule has 0 amide bonds. The van der Waals surface area contributed by atoms with Crippen LogP contribution in [-0.4, -0.2) is 4.92 Å². The molecule has 2 rings (SSSR count). The number of alkyl halides is 1. The van der Waals surface area contributed by atoms with Gasteiger partial charge in [0.15, 0.2) is 0 Å². The van der Waals surface area contributed by atoms with Crippen LogP contribution in [0.15, 0.2) is 42.5 Å². The maximum atomic E-state index is 11.0. The van der Waals surface area contributed by atoms with Gasteiger partial charge in [-0.3, -0.25) is 10.1 Å². The molecular formula is C15H13BrClNO2. The van der Waals surface area contributed by atoms with E-state index in [9.17, 15) is 10.1 Å². The third kappa shape index (κ3) is 3.19. The molecule has 0 aromatic heterocycles. The van der Waals surface area contributed by atoms with E-state index >= 15 is 0 Å². The van der Waals surface area contributed by atoms with Gasteiger partial charge >= 0.3 is 0 Å². The number of nitrogens with zero attached hydrogens (tertiary/aromatic N) is 1. The number of nitro groups is 1. The van der Waals surface area contributed by atoms with E-state index in [0.717, 1.165) is 11.1 Å². The topological polar surface area (TPSA) is 43.1 Å². The molecule has 1 atom stereocenters. The fourth-order valence-corrected chi connectivity index (χ4v) is 3.15. The highest BCUT2D eigenvalue weighted by atomic mass is 79.9. The van der Waals surface area contributed by atoms with Crippen molar-refractivity contribution < 1.29 is 4.92 Å². The molecule has 0 aliphatic carbocycles. The van der Waals surface area contributed by atoms with Gasteiger partial charge in [-0.1, -0.05) is 57.9 Å². The fraction of sp³-hybridized carbons (Fsp3) is 0.200. The highest BCUT2D eigenvalue weighted by molar-refractivity contribution is 9.09. The van der Waals surface area contributed by atoms with Gasteiger partial charge in [0, 0.05) is 21.5 Å². The Bertz CT molecular complexity index is 646. The predicted molar refractivity (Wildman–Crippen MR) is 84.7 cm³/mol. The van der Waals surface area contributed by atoms with Crippen LogP contribution in [0.1, 0.15) is 21.5 Å². The second-order valence-corrected chi connectivity index (χ2v) is 6.02. The quantitative estimate of drug-likeness (QED) is 0.428. The summed E-state index contributed by atoms with van der Waals surface area (Å²) in [5.41, 5.74) is 2.90. The zero-order valence-corrected chi connectivity index (χ0v) is 13.2. The SMILES string of the molecule is Cc1c(Cl)cccc1C(Br)Cc1ccccc1[N+](=O)[O-]. The van der Waals surface area contributed by atoms with Crippen LogP contribution in [0.4, 0.5) is 5.69 Å². The van der Waals surface area contributed by atoms with E-state index in [-0.39, 0.29) is 15.4 Å². The van der Waals surface area contributed by atoms with Gasteiger partial charge in [0.1, 0.15) is 0 Å². The lowest BCUT2D eigenvalue weighted by Crippen LogP contribution is -2.01. The van der Waals surface area contributed by atoms with E-state index < -0.39 is 0 Å². The molecule has 1 unspecified atom stereocenters. The van der Waals surface area contributed by atoms with Gasteiger partial charge in [0.25, 0.3) is 5.69 Å². The zero-order valence-electron chi connectivity index (χ0n) is 10.8. The third-order valence-corrected chi connectivity index (χ3v) is 4.46. The molecule has 0 saturated heterocycles. The van der Waals surface area contributed by atoms with E-state index in [4.69, 9.17) is 11.6 Å². The molecule has 0 aliphatic heterocycles. The van der Waals surface area contributed by atoms with E-state index in [1.807, 2.05) is 31.2 Å². The van der Waals surface area contributed by atoms with Crippen LogP contribution in [0.5, 0.6) is 0 Å². The Labute approximate surface area is 130 Å². The number of hydrogen-bond donors (Lipinski definition) is 0. The van der Waals surface area contributed by atoms with Gasteiger partial charge < -0.3 is 0 Å². The van der Waals surface area contributed by atoms with Crippen molar-refractivity contribution in [3.05, 3.63) is 74.3 Å². The van der Waals surface area contributed by atoms with Crippen LogP contribution in [0.2, 0.25) is 5.02 Å². The van der Waals surface area contributed by atoms with Crippen LogP contribution in [0.3, 0.4) is 0 Å².